The van der Waals surface area contributed by atoms with Gasteiger partial charge in [0.15, 0.2) is 0 Å². The maximum absolute atomic E-state index is 11.9. The average molecular weight is 212 g/mol. The van der Waals surface area contributed by atoms with E-state index in [0.717, 1.165) is 0 Å². The molecule has 1 fully saturated rings. The maximum atomic E-state index is 11.9. The second-order valence-electron chi connectivity index (χ2n) is 5.42. The molecular formula is C12H24N2O. The highest BCUT2D eigenvalue weighted by atomic mass is 16.2. The summed E-state index contributed by atoms with van der Waals surface area (Å²) in [4.78, 5) is 11.9. The van der Waals surface area contributed by atoms with Crippen molar-refractivity contribution in [3.05, 3.63) is 0 Å². The number of amides is 1. The summed E-state index contributed by atoms with van der Waals surface area (Å²) in [5.41, 5.74) is 5.58. The normalized spacial score (nSPS) is 22.3. The van der Waals surface area contributed by atoms with E-state index in [4.69, 9.17) is 5.73 Å². The molecule has 1 aliphatic carbocycles. The molecule has 3 nitrogen and oxygen atoms in total. The van der Waals surface area contributed by atoms with Crippen LogP contribution in [0.1, 0.15) is 40.5 Å². The molecule has 1 rings (SSSR count). The zero-order valence-corrected chi connectivity index (χ0v) is 10.3. The van der Waals surface area contributed by atoms with Gasteiger partial charge in [-0.05, 0) is 31.6 Å². The number of nitrogens with one attached hydrogen (secondary N) is 1. The summed E-state index contributed by atoms with van der Waals surface area (Å²) in [7, 11) is 0. The zero-order chi connectivity index (χ0) is 11.6. The fraction of sp³-hybridized carbons (Fsp3) is 0.917. The first-order valence-electron chi connectivity index (χ1n) is 5.93. The van der Waals surface area contributed by atoms with Crippen molar-refractivity contribution in [2.75, 3.05) is 6.54 Å². The summed E-state index contributed by atoms with van der Waals surface area (Å²) >= 11 is 0. The van der Waals surface area contributed by atoms with Gasteiger partial charge in [0.2, 0.25) is 5.91 Å². The van der Waals surface area contributed by atoms with Gasteiger partial charge in [0, 0.05) is 12.5 Å². The third kappa shape index (κ3) is 2.94. The van der Waals surface area contributed by atoms with Gasteiger partial charge in [-0.15, -0.1) is 0 Å². The van der Waals surface area contributed by atoms with Crippen molar-refractivity contribution in [2.45, 2.75) is 46.1 Å². The van der Waals surface area contributed by atoms with Gasteiger partial charge >= 0.3 is 0 Å². The molecule has 0 aliphatic heterocycles. The van der Waals surface area contributed by atoms with Crippen molar-refractivity contribution >= 4 is 5.91 Å². The van der Waals surface area contributed by atoms with Crippen molar-refractivity contribution in [1.29, 1.82) is 0 Å². The molecule has 0 aromatic rings. The smallest absolute Gasteiger partial charge is 0.223 e. The Morgan fingerprint density at radius 2 is 2.00 bits per heavy atom. The summed E-state index contributed by atoms with van der Waals surface area (Å²) in [6.07, 6.45) is 2.40. The van der Waals surface area contributed by atoms with Gasteiger partial charge < -0.3 is 11.1 Å². The van der Waals surface area contributed by atoms with Crippen LogP contribution in [-0.4, -0.2) is 18.0 Å². The minimum absolute atomic E-state index is 0.0645. The van der Waals surface area contributed by atoms with Gasteiger partial charge in [0.25, 0.3) is 0 Å². The number of rotatable bonds is 5. The van der Waals surface area contributed by atoms with E-state index < -0.39 is 0 Å². The van der Waals surface area contributed by atoms with E-state index in [1.807, 2.05) is 6.92 Å². The largest absolute Gasteiger partial charge is 0.349 e. The lowest BCUT2D eigenvalue weighted by atomic mass is 9.92. The maximum Gasteiger partial charge on any atom is 0.223 e. The lowest BCUT2D eigenvalue weighted by molar-refractivity contribution is -0.127. The molecule has 2 atom stereocenters. The molecule has 0 aromatic heterocycles. The first-order valence-corrected chi connectivity index (χ1v) is 5.93. The van der Waals surface area contributed by atoms with Crippen LogP contribution in [0.5, 0.6) is 0 Å². The summed E-state index contributed by atoms with van der Waals surface area (Å²) in [5, 5.41) is 3.12. The third-order valence-corrected chi connectivity index (χ3v) is 3.72. The molecule has 3 heteroatoms. The molecule has 0 saturated heterocycles. The van der Waals surface area contributed by atoms with Gasteiger partial charge in [0.1, 0.15) is 0 Å². The highest BCUT2D eigenvalue weighted by Gasteiger charge is 2.42. The minimum Gasteiger partial charge on any atom is -0.349 e. The number of carbonyl (C=O) groups is 1. The molecule has 1 aliphatic rings. The van der Waals surface area contributed by atoms with Crippen molar-refractivity contribution in [2.24, 2.45) is 23.5 Å². The van der Waals surface area contributed by atoms with Gasteiger partial charge in [0.05, 0.1) is 5.54 Å². The lowest BCUT2D eigenvalue weighted by Crippen LogP contribution is -2.54. The Bertz CT molecular complexity index is 236. The minimum atomic E-state index is -0.180. The molecule has 0 heterocycles. The molecule has 88 valence electrons. The monoisotopic (exact) mass is 212 g/mol. The van der Waals surface area contributed by atoms with E-state index in [9.17, 15) is 4.79 Å². The Balaban J connectivity index is 2.55. The Hall–Kier alpha value is -0.570. The van der Waals surface area contributed by atoms with E-state index in [-0.39, 0.29) is 17.4 Å². The number of hydrogen-bond donors (Lipinski definition) is 2. The summed E-state index contributed by atoms with van der Waals surface area (Å²) in [6.45, 7) is 8.72. The van der Waals surface area contributed by atoms with Crippen LogP contribution in [0.15, 0.2) is 0 Å². The zero-order valence-electron chi connectivity index (χ0n) is 10.3. The molecule has 15 heavy (non-hydrogen) atoms. The fourth-order valence-corrected chi connectivity index (χ4v) is 1.74. The average Bonchev–Trinajstić information content (AvgIpc) is 2.99. The predicted molar refractivity (Wildman–Crippen MR) is 62.3 cm³/mol. The molecule has 3 N–H and O–H groups in total. The van der Waals surface area contributed by atoms with Gasteiger partial charge in [-0.25, -0.2) is 0 Å². The quantitative estimate of drug-likeness (QED) is 0.726. The molecule has 1 saturated carbocycles. The van der Waals surface area contributed by atoms with Crippen LogP contribution in [0.3, 0.4) is 0 Å². The van der Waals surface area contributed by atoms with Crippen molar-refractivity contribution in [3.8, 4) is 0 Å². The molecule has 1 amide bonds. The van der Waals surface area contributed by atoms with E-state index in [0.29, 0.717) is 18.4 Å². The van der Waals surface area contributed by atoms with Gasteiger partial charge in [-0.3, -0.25) is 4.79 Å². The van der Waals surface area contributed by atoms with Gasteiger partial charge in [-0.2, -0.15) is 0 Å². The van der Waals surface area contributed by atoms with Crippen LogP contribution in [0.25, 0.3) is 0 Å². The van der Waals surface area contributed by atoms with E-state index in [1.165, 1.54) is 12.8 Å². The second-order valence-corrected chi connectivity index (χ2v) is 5.42. The van der Waals surface area contributed by atoms with Crippen LogP contribution in [0, 0.1) is 17.8 Å². The van der Waals surface area contributed by atoms with E-state index >= 15 is 0 Å². The Morgan fingerprint density at radius 1 is 1.47 bits per heavy atom. The van der Waals surface area contributed by atoms with Crippen LogP contribution in [-0.2, 0) is 4.79 Å². The second kappa shape index (κ2) is 4.52. The molecular weight excluding hydrogens is 188 g/mol. The summed E-state index contributed by atoms with van der Waals surface area (Å²) in [6, 6.07) is 0. The SMILES string of the molecule is CC(C)C(C)C(=O)NC(C)(CN)C1CC1. The Kier molecular flexibility index (Phi) is 3.77. The summed E-state index contributed by atoms with van der Waals surface area (Å²) in [5.74, 6) is 1.18. The molecule has 0 radical (unpaired) electrons. The first-order chi connectivity index (χ1) is 6.90. The first kappa shape index (κ1) is 12.5. The Morgan fingerprint density at radius 3 is 2.33 bits per heavy atom. The molecule has 0 bridgehead atoms. The van der Waals surface area contributed by atoms with Crippen molar-refractivity contribution < 1.29 is 4.79 Å². The van der Waals surface area contributed by atoms with E-state index in [1.54, 1.807) is 0 Å². The third-order valence-electron chi connectivity index (χ3n) is 3.72. The highest BCUT2D eigenvalue weighted by Crippen LogP contribution is 2.39. The van der Waals surface area contributed by atoms with E-state index in [2.05, 4.69) is 26.1 Å². The lowest BCUT2D eigenvalue weighted by Gasteiger charge is -2.31. The number of nitrogens with two attached hydrogens (primary N) is 1. The molecule has 0 spiro atoms. The van der Waals surface area contributed by atoms with Crippen LogP contribution in [0.4, 0.5) is 0 Å². The fourth-order valence-electron chi connectivity index (χ4n) is 1.74. The number of hydrogen-bond acceptors (Lipinski definition) is 2. The van der Waals surface area contributed by atoms with Crippen LogP contribution >= 0.6 is 0 Å². The molecule has 2 unspecified atom stereocenters. The summed E-state index contributed by atoms with van der Waals surface area (Å²) < 4.78 is 0. The van der Waals surface area contributed by atoms with Crippen molar-refractivity contribution in [3.63, 3.8) is 0 Å². The highest BCUT2D eigenvalue weighted by molar-refractivity contribution is 5.79. The number of carbonyl (C=O) groups excluding carboxylic acids is 1. The van der Waals surface area contributed by atoms with Crippen molar-refractivity contribution in [1.82, 2.24) is 5.32 Å². The predicted octanol–water partition coefficient (Wildman–Crippen LogP) is 1.52. The Labute approximate surface area is 92.8 Å². The molecule has 0 aromatic carbocycles. The standard InChI is InChI=1S/C12H24N2O/c1-8(2)9(3)11(15)14-12(4,7-13)10-5-6-10/h8-10H,5-7,13H2,1-4H3,(H,14,15). The van der Waals surface area contributed by atoms with Gasteiger partial charge in [-0.1, -0.05) is 20.8 Å². The topological polar surface area (TPSA) is 55.1 Å². The van der Waals surface area contributed by atoms with Crippen LogP contribution in [0.2, 0.25) is 0 Å². The van der Waals surface area contributed by atoms with Crippen LogP contribution < -0.4 is 11.1 Å².